The normalized spacial score (nSPS) is 10.6. The lowest BCUT2D eigenvalue weighted by Crippen LogP contribution is -2.11. The number of hydrogen-bond acceptors (Lipinski definition) is 5. The average molecular weight is 313 g/mol. The van der Waals surface area contributed by atoms with Crippen LogP contribution in [0.2, 0.25) is 0 Å². The van der Waals surface area contributed by atoms with Crippen molar-refractivity contribution in [1.82, 2.24) is 14.5 Å². The zero-order valence-corrected chi connectivity index (χ0v) is 12.9. The van der Waals surface area contributed by atoms with E-state index >= 15 is 0 Å². The van der Waals surface area contributed by atoms with Crippen LogP contribution in [-0.4, -0.2) is 27.4 Å². The van der Waals surface area contributed by atoms with E-state index in [0.717, 1.165) is 15.6 Å². The highest BCUT2D eigenvalue weighted by atomic mass is 32.1. The molecule has 3 rings (SSSR count). The van der Waals surface area contributed by atoms with Crippen LogP contribution in [0.25, 0.3) is 0 Å². The molecule has 0 unspecified atom stereocenters. The molecular weight excluding hydrogens is 298 g/mol. The first-order chi connectivity index (χ1) is 10.8. The Balaban J connectivity index is 1.74. The highest BCUT2D eigenvalue weighted by Crippen LogP contribution is 2.22. The molecule has 0 saturated heterocycles. The highest BCUT2D eigenvalue weighted by Gasteiger charge is 2.14. The first-order valence-corrected chi connectivity index (χ1v) is 7.64. The van der Waals surface area contributed by atoms with Crippen molar-refractivity contribution in [3.8, 4) is 5.06 Å². The molecule has 0 atom stereocenters. The van der Waals surface area contributed by atoms with Crippen molar-refractivity contribution < 1.29 is 9.53 Å². The van der Waals surface area contributed by atoms with Gasteiger partial charge in [-0.05, 0) is 29.8 Å². The van der Waals surface area contributed by atoms with Crippen LogP contribution < -0.4 is 4.74 Å². The van der Waals surface area contributed by atoms with Crippen LogP contribution in [0.1, 0.15) is 21.1 Å². The van der Waals surface area contributed by atoms with Gasteiger partial charge in [-0.15, -0.1) is 0 Å². The number of Topliss-reactive ketones (excluding diaryl/α,β-unsaturated/α-hetero) is 1. The molecule has 22 heavy (non-hydrogen) atoms. The molecule has 3 aromatic rings. The third-order valence-electron chi connectivity index (χ3n) is 3.26. The fraction of sp³-hybridized carbons (Fsp3) is 0.188. The Morgan fingerprint density at radius 3 is 2.86 bits per heavy atom. The number of methoxy groups -OCH3 is 1. The standard InChI is InChI=1S/C16H15N3O2S/c1-21-16-10-18-15(22-16)9-14(20)13-3-2-8-19(13)11-12-4-6-17-7-5-12/h2-8,10H,9,11H2,1H3. The van der Waals surface area contributed by atoms with E-state index in [4.69, 9.17) is 4.74 Å². The summed E-state index contributed by atoms with van der Waals surface area (Å²) in [5.74, 6) is 0.0519. The third kappa shape index (κ3) is 3.23. The Bertz CT molecular complexity index is 765. The second-order valence-electron chi connectivity index (χ2n) is 4.75. The van der Waals surface area contributed by atoms with Crippen LogP contribution in [-0.2, 0) is 13.0 Å². The number of ketones is 1. The van der Waals surface area contributed by atoms with Crippen LogP contribution >= 0.6 is 11.3 Å². The molecule has 0 aliphatic heterocycles. The summed E-state index contributed by atoms with van der Waals surface area (Å²) in [4.78, 5) is 20.7. The Morgan fingerprint density at radius 1 is 1.32 bits per heavy atom. The van der Waals surface area contributed by atoms with E-state index in [0.29, 0.717) is 12.2 Å². The number of rotatable bonds is 6. The van der Waals surface area contributed by atoms with Crippen molar-refractivity contribution in [2.75, 3.05) is 7.11 Å². The second-order valence-corrected chi connectivity index (χ2v) is 5.83. The average Bonchev–Trinajstić information content (AvgIpc) is 3.17. The Morgan fingerprint density at radius 2 is 2.14 bits per heavy atom. The van der Waals surface area contributed by atoms with Crippen LogP contribution in [0.5, 0.6) is 5.06 Å². The van der Waals surface area contributed by atoms with Crippen LogP contribution in [0.15, 0.2) is 49.1 Å². The molecule has 0 aliphatic rings. The number of thiazole rings is 1. The van der Waals surface area contributed by atoms with Crippen LogP contribution in [0.4, 0.5) is 0 Å². The lowest BCUT2D eigenvalue weighted by atomic mass is 10.2. The minimum Gasteiger partial charge on any atom is -0.486 e. The summed E-state index contributed by atoms with van der Waals surface area (Å²) in [5, 5.41) is 1.48. The molecule has 112 valence electrons. The number of pyridine rings is 1. The lowest BCUT2D eigenvalue weighted by molar-refractivity contribution is 0.0984. The molecule has 0 amide bonds. The minimum absolute atomic E-state index is 0.0519. The molecule has 6 heteroatoms. The van der Waals surface area contributed by atoms with Crippen LogP contribution in [0, 0.1) is 0 Å². The largest absolute Gasteiger partial charge is 0.486 e. The number of ether oxygens (including phenoxy) is 1. The fourth-order valence-electron chi connectivity index (χ4n) is 2.19. The second kappa shape index (κ2) is 6.53. The zero-order chi connectivity index (χ0) is 15.4. The van der Waals surface area contributed by atoms with Gasteiger partial charge in [0.25, 0.3) is 0 Å². The molecule has 5 nitrogen and oxygen atoms in total. The van der Waals surface area contributed by atoms with Crippen molar-refractivity contribution in [2.45, 2.75) is 13.0 Å². The molecule has 0 radical (unpaired) electrons. The van der Waals surface area contributed by atoms with E-state index in [1.54, 1.807) is 25.7 Å². The number of aromatic nitrogens is 3. The molecule has 0 N–H and O–H groups in total. The molecule has 3 heterocycles. The van der Waals surface area contributed by atoms with Crippen molar-refractivity contribution in [1.29, 1.82) is 0 Å². The van der Waals surface area contributed by atoms with Gasteiger partial charge in [0.05, 0.1) is 25.4 Å². The van der Waals surface area contributed by atoms with E-state index in [9.17, 15) is 4.79 Å². The summed E-state index contributed by atoms with van der Waals surface area (Å²) in [6.07, 6.45) is 7.35. The molecule has 0 aliphatic carbocycles. The van der Waals surface area contributed by atoms with E-state index in [1.807, 2.05) is 35.0 Å². The maximum Gasteiger partial charge on any atom is 0.193 e. The van der Waals surface area contributed by atoms with Gasteiger partial charge in [0.15, 0.2) is 10.8 Å². The number of carbonyl (C=O) groups is 1. The highest BCUT2D eigenvalue weighted by molar-refractivity contribution is 7.13. The van der Waals surface area contributed by atoms with E-state index < -0.39 is 0 Å². The summed E-state index contributed by atoms with van der Waals surface area (Å²) < 4.78 is 7.05. The first-order valence-electron chi connectivity index (χ1n) is 6.82. The summed E-state index contributed by atoms with van der Waals surface area (Å²) >= 11 is 1.40. The Hall–Kier alpha value is -2.47. The van der Waals surface area contributed by atoms with Gasteiger partial charge in [-0.3, -0.25) is 9.78 Å². The molecular formula is C16H15N3O2S. The topological polar surface area (TPSA) is 57.0 Å². The number of nitrogens with zero attached hydrogens (tertiary/aromatic N) is 3. The van der Waals surface area contributed by atoms with Gasteiger partial charge in [0, 0.05) is 25.1 Å². The van der Waals surface area contributed by atoms with Crippen LogP contribution in [0.3, 0.4) is 0 Å². The minimum atomic E-state index is 0.0519. The molecule has 3 aromatic heterocycles. The Labute approximate surface area is 132 Å². The molecule has 0 saturated carbocycles. The molecule has 0 spiro atoms. The number of hydrogen-bond donors (Lipinski definition) is 0. The monoisotopic (exact) mass is 313 g/mol. The van der Waals surface area contributed by atoms with Crippen molar-refractivity contribution >= 4 is 17.1 Å². The van der Waals surface area contributed by atoms with Crippen molar-refractivity contribution in [3.63, 3.8) is 0 Å². The van der Waals surface area contributed by atoms with Gasteiger partial charge in [-0.25, -0.2) is 4.98 Å². The van der Waals surface area contributed by atoms with E-state index in [1.165, 1.54) is 11.3 Å². The maximum atomic E-state index is 12.5. The summed E-state index contributed by atoms with van der Waals surface area (Å²) in [7, 11) is 1.60. The van der Waals surface area contributed by atoms with Crippen molar-refractivity contribution in [3.05, 3.63) is 65.3 Å². The van der Waals surface area contributed by atoms with Crippen molar-refractivity contribution in [2.24, 2.45) is 0 Å². The molecule has 0 bridgehead atoms. The lowest BCUT2D eigenvalue weighted by Gasteiger charge is -2.08. The van der Waals surface area contributed by atoms with Gasteiger partial charge >= 0.3 is 0 Å². The first kappa shape index (κ1) is 14.5. The smallest absolute Gasteiger partial charge is 0.193 e. The van der Waals surface area contributed by atoms with E-state index in [-0.39, 0.29) is 12.2 Å². The van der Waals surface area contributed by atoms with Gasteiger partial charge in [0.2, 0.25) is 0 Å². The predicted octanol–water partition coefficient (Wildman–Crippen LogP) is 2.82. The maximum absolute atomic E-state index is 12.5. The zero-order valence-electron chi connectivity index (χ0n) is 12.1. The van der Waals surface area contributed by atoms with Gasteiger partial charge in [-0.1, -0.05) is 11.3 Å². The van der Waals surface area contributed by atoms with Gasteiger partial charge in [0.1, 0.15) is 5.01 Å². The van der Waals surface area contributed by atoms with Gasteiger partial charge < -0.3 is 9.30 Å². The molecule has 0 fully saturated rings. The Kier molecular flexibility index (Phi) is 4.29. The fourth-order valence-corrected chi connectivity index (χ4v) is 2.92. The summed E-state index contributed by atoms with van der Waals surface area (Å²) in [6.45, 7) is 0.651. The molecule has 0 aromatic carbocycles. The SMILES string of the molecule is COc1cnc(CC(=O)c2cccn2Cc2ccncc2)s1. The predicted molar refractivity (Wildman–Crippen MR) is 84.5 cm³/mol. The third-order valence-corrected chi connectivity index (χ3v) is 4.22. The number of carbonyl (C=O) groups excluding carboxylic acids is 1. The summed E-state index contributed by atoms with van der Waals surface area (Å²) in [5.41, 5.74) is 1.79. The summed E-state index contributed by atoms with van der Waals surface area (Å²) in [6, 6.07) is 7.62. The quantitative estimate of drug-likeness (QED) is 0.657. The van der Waals surface area contributed by atoms with E-state index in [2.05, 4.69) is 9.97 Å². The van der Waals surface area contributed by atoms with Gasteiger partial charge in [-0.2, -0.15) is 0 Å².